The summed E-state index contributed by atoms with van der Waals surface area (Å²) in [7, 11) is -0.302. The largest absolute Gasteiger partial charge is 0.381 e. The van der Waals surface area contributed by atoms with Crippen LogP contribution < -0.4 is 0 Å². The zero-order valence-corrected chi connectivity index (χ0v) is 9.08. The van der Waals surface area contributed by atoms with E-state index in [2.05, 4.69) is 20.0 Å². The molecule has 0 N–H and O–H groups in total. The Morgan fingerprint density at radius 3 is 2.27 bits per heavy atom. The highest BCUT2D eigenvalue weighted by molar-refractivity contribution is 6.55. The molecule has 0 fully saturated rings. The molecule has 0 aromatic carbocycles. The van der Waals surface area contributed by atoms with Gasteiger partial charge in [0.1, 0.15) is 0 Å². The van der Waals surface area contributed by atoms with Crippen LogP contribution in [0.2, 0.25) is 19.1 Å². The third kappa shape index (κ3) is 13.2. The van der Waals surface area contributed by atoms with Gasteiger partial charge in [-0.3, -0.25) is 4.70 Å². The summed E-state index contributed by atoms with van der Waals surface area (Å²) in [6, 6.07) is 1.43. The molecule has 3 heteroatoms. The molecular formula is C8H21FOSi. The van der Waals surface area contributed by atoms with E-state index in [0.717, 1.165) is 19.6 Å². The SMILES string of the molecule is CCCOCCC[SiH](C)C.F. The van der Waals surface area contributed by atoms with Crippen LogP contribution in [0.5, 0.6) is 0 Å². The maximum absolute atomic E-state index is 5.36. The number of ether oxygens (including phenoxy) is 1. The minimum atomic E-state index is -0.302. The van der Waals surface area contributed by atoms with E-state index in [1.807, 2.05) is 0 Å². The average molecular weight is 180 g/mol. The van der Waals surface area contributed by atoms with Gasteiger partial charge in [0.05, 0.1) is 0 Å². The Morgan fingerprint density at radius 1 is 1.18 bits per heavy atom. The molecule has 0 aliphatic heterocycles. The molecule has 0 heterocycles. The van der Waals surface area contributed by atoms with E-state index >= 15 is 0 Å². The first-order valence-electron chi connectivity index (χ1n) is 4.35. The summed E-state index contributed by atoms with van der Waals surface area (Å²) in [5.41, 5.74) is 0. The molecule has 0 aliphatic carbocycles. The van der Waals surface area contributed by atoms with Crippen LogP contribution in [0.3, 0.4) is 0 Å². The number of hydrogen-bond acceptors (Lipinski definition) is 1. The van der Waals surface area contributed by atoms with E-state index in [9.17, 15) is 0 Å². The lowest BCUT2D eigenvalue weighted by Crippen LogP contribution is -2.02. The molecule has 0 saturated carbocycles. The quantitative estimate of drug-likeness (QED) is 0.450. The molecular weight excluding hydrogens is 159 g/mol. The van der Waals surface area contributed by atoms with Gasteiger partial charge in [-0.15, -0.1) is 0 Å². The van der Waals surface area contributed by atoms with Gasteiger partial charge < -0.3 is 4.74 Å². The van der Waals surface area contributed by atoms with Crippen LogP contribution in [0.15, 0.2) is 0 Å². The van der Waals surface area contributed by atoms with Crippen molar-refractivity contribution in [2.75, 3.05) is 13.2 Å². The summed E-state index contributed by atoms with van der Waals surface area (Å²) in [5.74, 6) is 0. The Labute approximate surface area is 71.1 Å². The minimum absolute atomic E-state index is 0. The van der Waals surface area contributed by atoms with Crippen molar-refractivity contribution in [3.63, 3.8) is 0 Å². The molecule has 0 aromatic heterocycles. The van der Waals surface area contributed by atoms with Gasteiger partial charge in [-0.2, -0.15) is 0 Å². The topological polar surface area (TPSA) is 9.23 Å². The standard InChI is InChI=1S/C8H20OSi.FH/c1-4-6-9-7-5-8-10(2)3;/h10H,4-8H2,1-3H3;1H. The monoisotopic (exact) mass is 180 g/mol. The predicted octanol–water partition coefficient (Wildman–Crippen LogP) is 2.44. The normalized spacial score (nSPS) is 9.82. The summed E-state index contributed by atoms with van der Waals surface area (Å²) < 4.78 is 5.36. The van der Waals surface area contributed by atoms with Crippen LogP contribution in [0.25, 0.3) is 0 Å². The lowest BCUT2D eigenvalue weighted by atomic mass is 10.5. The van der Waals surface area contributed by atoms with E-state index in [1.165, 1.54) is 12.5 Å². The van der Waals surface area contributed by atoms with Crippen molar-refractivity contribution in [3.05, 3.63) is 0 Å². The zero-order valence-electron chi connectivity index (χ0n) is 7.93. The molecule has 0 aliphatic rings. The highest BCUT2D eigenvalue weighted by Gasteiger charge is 1.94. The van der Waals surface area contributed by atoms with E-state index in [0.29, 0.717) is 0 Å². The fourth-order valence-corrected chi connectivity index (χ4v) is 1.82. The Balaban J connectivity index is 0. The third-order valence-corrected chi connectivity index (χ3v) is 2.98. The zero-order chi connectivity index (χ0) is 7.82. The maximum atomic E-state index is 5.36. The third-order valence-electron chi connectivity index (χ3n) is 1.42. The molecule has 11 heavy (non-hydrogen) atoms. The second-order valence-electron chi connectivity index (χ2n) is 3.15. The van der Waals surface area contributed by atoms with Crippen molar-refractivity contribution < 1.29 is 9.44 Å². The molecule has 0 atom stereocenters. The fourth-order valence-electron chi connectivity index (χ4n) is 0.840. The first kappa shape index (κ1) is 13.7. The summed E-state index contributed by atoms with van der Waals surface area (Å²) in [4.78, 5) is 0. The van der Waals surface area contributed by atoms with Gasteiger partial charge in [0.25, 0.3) is 0 Å². The van der Waals surface area contributed by atoms with Gasteiger partial charge in [-0.1, -0.05) is 26.1 Å². The van der Waals surface area contributed by atoms with Gasteiger partial charge in [0.2, 0.25) is 0 Å². The van der Waals surface area contributed by atoms with Crippen LogP contribution in [0.4, 0.5) is 4.70 Å². The van der Waals surface area contributed by atoms with Crippen molar-refractivity contribution in [2.24, 2.45) is 0 Å². The lowest BCUT2D eigenvalue weighted by molar-refractivity contribution is 0.135. The van der Waals surface area contributed by atoms with E-state index in [4.69, 9.17) is 4.74 Å². The predicted molar refractivity (Wildman–Crippen MR) is 51.9 cm³/mol. The lowest BCUT2D eigenvalue weighted by Gasteiger charge is -2.03. The fraction of sp³-hybridized carbons (Fsp3) is 1.00. The molecule has 0 rings (SSSR count). The van der Waals surface area contributed by atoms with E-state index in [-0.39, 0.29) is 13.5 Å². The second-order valence-corrected chi connectivity index (χ2v) is 6.51. The van der Waals surface area contributed by atoms with Gasteiger partial charge in [-0.05, 0) is 12.8 Å². The Hall–Kier alpha value is 0.107. The highest BCUT2D eigenvalue weighted by Crippen LogP contribution is 1.97. The molecule has 1 nitrogen and oxygen atoms in total. The van der Waals surface area contributed by atoms with Crippen LogP contribution in [0.1, 0.15) is 19.8 Å². The first-order chi connectivity index (χ1) is 4.77. The van der Waals surface area contributed by atoms with Gasteiger partial charge in [-0.25, -0.2) is 0 Å². The average Bonchev–Trinajstić information content (AvgIpc) is 1.87. The molecule has 0 amide bonds. The molecule has 0 spiro atoms. The molecule has 0 radical (unpaired) electrons. The van der Waals surface area contributed by atoms with Gasteiger partial charge in [0.15, 0.2) is 0 Å². The van der Waals surface area contributed by atoms with Crippen molar-refractivity contribution >= 4 is 8.80 Å². The van der Waals surface area contributed by atoms with Crippen molar-refractivity contribution in [1.82, 2.24) is 0 Å². The number of hydrogen-bond donors (Lipinski definition) is 0. The Kier molecular flexibility index (Phi) is 12.6. The van der Waals surface area contributed by atoms with Crippen LogP contribution in [0, 0.1) is 0 Å². The van der Waals surface area contributed by atoms with Crippen LogP contribution in [-0.2, 0) is 4.74 Å². The van der Waals surface area contributed by atoms with E-state index < -0.39 is 0 Å². The summed E-state index contributed by atoms with van der Waals surface area (Å²) >= 11 is 0. The Bertz CT molecular complexity index is 69.1. The first-order valence-corrected chi connectivity index (χ1v) is 7.47. The summed E-state index contributed by atoms with van der Waals surface area (Å²) in [5, 5.41) is 0. The van der Waals surface area contributed by atoms with Crippen molar-refractivity contribution in [3.8, 4) is 0 Å². The summed E-state index contributed by atoms with van der Waals surface area (Å²) in [6.45, 7) is 8.86. The summed E-state index contributed by atoms with van der Waals surface area (Å²) in [6.07, 6.45) is 2.43. The maximum Gasteiger partial charge on any atom is 0.0463 e. The van der Waals surface area contributed by atoms with E-state index in [1.54, 1.807) is 0 Å². The molecule has 0 saturated heterocycles. The smallest absolute Gasteiger partial charge is 0.0463 e. The van der Waals surface area contributed by atoms with Crippen molar-refractivity contribution in [1.29, 1.82) is 0 Å². The second kappa shape index (κ2) is 10.1. The number of halogens is 1. The van der Waals surface area contributed by atoms with Crippen LogP contribution >= 0.6 is 0 Å². The van der Waals surface area contributed by atoms with Gasteiger partial charge >= 0.3 is 0 Å². The molecule has 0 aromatic rings. The van der Waals surface area contributed by atoms with Crippen LogP contribution in [-0.4, -0.2) is 22.0 Å². The van der Waals surface area contributed by atoms with Gasteiger partial charge in [0, 0.05) is 22.0 Å². The Morgan fingerprint density at radius 2 is 1.82 bits per heavy atom. The molecule has 70 valence electrons. The van der Waals surface area contributed by atoms with Crippen molar-refractivity contribution in [2.45, 2.75) is 38.9 Å². The molecule has 0 unspecified atom stereocenters. The molecule has 0 bridgehead atoms. The minimum Gasteiger partial charge on any atom is -0.381 e. The number of rotatable bonds is 6. The highest BCUT2D eigenvalue weighted by atomic mass is 28.3.